The van der Waals surface area contributed by atoms with Crippen molar-refractivity contribution in [3.8, 4) is 5.75 Å². The monoisotopic (exact) mass is 428 g/mol. The van der Waals surface area contributed by atoms with Gasteiger partial charge >= 0.3 is 0 Å². The number of ether oxygens (including phenoxy) is 1. The van der Waals surface area contributed by atoms with Crippen LogP contribution in [-0.2, 0) is 16.1 Å². The molecule has 2 aromatic carbocycles. The summed E-state index contributed by atoms with van der Waals surface area (Å²) in [5.41, 5.74) is 2.03. The zero-order valence-electron chi connectivity index (χ0n) is 17.8. The summed E-state index contributed by atoms with van der Waals surface area (Å²) in [7, 11) is 0. The molecule has 1 unspecified atom stereocenters. The number of amides is 1. The van der Waals surface area contributed by atoms with Crippen molar-refractivity contribution in [2.75, 3.05) is 6.61 Å². The molecule has 0 aliphatic carbocycles. The third-order valence-corrected chi connectivity index (χ3v) is 5.31. The fraction of sp³-hybridized carbons (Fsp3) is 0.192. The number of aliphatic hydroxyl groups excluding tert-OH is 1. The van der Waals surface area contributed by atoms with E-state index in [2.05, 4.69) is 4.98 Å². The lowest BCUT2D eigenvalue weighted by Gasteiger charge is -2.25. The Morgan fingerprint density at radius 3 is 2.59 bits per heavy atom. The highest BCUT2D eigenvalue weighted by Crippen LogP contribution is 2.41. The van der Waals surface area contributed by atoms with Crippen LogP contribution in [0.25, 0.3) is 5.76 Å². The molecule has 2 heterocycles. The van der Waals surface area contributed by atoms with Gasteiger partial charge in [-0.1, -0.05) is 55.5 Å². The van der Waals surface area contributed by atoms with Gasteiger partial charge in [-0.2, -0.15) is 0 Å². The number of ketones is 1. The summed E-state index contributed by atoms with van der Waals surface area (Å²) < 4.78 is 5.77. The summed E-state index contributed by atoms with van der Waals surface area (Å²) in [5.74, 6) is -0.908. The van der Waals surface area contributed by atoms with Gasteiger partial charge in [0.2, 0.25) is 0 Å². The molecular weight excluding hydrogens is 404 g/mol. The first kappa shape index (κ1) is 21.3. The molecule has 6 heteroatoms. The maximum absolute atomic E-state index is 13.1. The van der Waals surface area contributed by atoms with Crippen LogP contribution >= 0.6 is 0 Å². The van der Waals surface area contributed by atoms with Gasteiger partial charge in [-0.3, -0.25) is 14.6 Å². The molecular formula is C26H24N2O4. The summed E-state index contributed by atoms with van der Waals surface area (Å²) in [6.07, 6.45) is 4.17. The fourth-order valence-electron chi connectivity index (χ4n) is 3.82. The van der Waals surface area contributed by atoms with E-state index in [9.17, 15) is 14.7 Å². The van der Waals surface area contributed by atoms with Crippen molar-refractivity contribution in [3.63, 3.8) is 0 Å². The highest BCUT2D eigenvalue weighted by atomic mass is 16.5. The van der Waals surface area contributed by atoms with Crippen LogP contribution in [0.3, 0.4) is 0 Å². The molecule has 6 nitrogen and oxygen atoms in total. The van der Waals surface area contributed by atoms with Gasteiger partial charge in [0.05, 0.1) is 18.2 Å². The maximum atomic E-state index is 13.1. The summed E-state index contributed by atoms with van der Waals surface area (Å²) in [6, 6.07) is 19.0. The van der Waals surface area contributed by atoms with Gasteiger partial charge in [-0.15, -0.1) is 0 Å². The molecule has 0 radical (unpaired) electrons. The van der Waals surface area contributed by atoms with E-state index in [0.29, 0.717) is 23.5 Å². The Bertz CT molecular complexity index is 1140. The lowest BCUT2D eigenvalue weighted by atomic mass is 9.95. The molecule has 1 aromatic heterocycles. The van der Waals surface area contributed by atoms with Crippen LogP contribution in [0.4, 0.5) is 0 Å². The zero-order valence-corrected chi connectivity index (χ0v) is 17.8. The molecule has 1 amide bonds. The second kappa shape index (κ2) is 9.47. The largest absolute Gasteiger partial charge is 0.507 e. The molecule has 1 aliphatic rings. The van der Waals surface area contributed by atoms with Gasteiger partial charge in [0.15, 0.2) is 0 Å². The second-order valence-corrected chi connectivity index (χ2v) is 7.58. The molecule has 1 saturated heterocycles. The van der Waals surface area contributed by atoms with Crippen molar-refractivity contribution in [1.82, 2.24) is 9.88 Å². The second-order valence-electron chi connectivity index (χ2n) is 7.58. The third kappa shape index (κ3) is 4.25. The Morgan fingerprint density at radius 1 is 1.06 bits per heavy atom. The Hall–Kier alpha value is -3.93. The van der Waals surface area contributed by atoms with Crippen LogP contribution in [-0.4, -0.2) is 33.3 Å². The standard InChI is InChI=1S/C26H24N2O4/c1-2-14-32-21-12-6-11-20(15-21)23-22(24(29)19-9-4-3-5-10-19)25(30)26(31)28(23)17-18-8-7-13-27-16-18/h3-13,15-16,23,29H,2,14,17H2,1H3/b24-22+. The molecule has 1 atom stereocenters. The SMILES string of the molecule is CCCOc1cccc(C2/C(=C(\O)c3ccccc3)C(=O)C(=O)N2Cc2cccnc2)c1. The van der Waals surface area contributed by atoms with Crippen LogP contribution in [0.5, 0.6) is 5.75 Å². The smallest absolute Gasteiger partial charge is 0.295 e. The molecule has 4 rings (SSSR count). The Morgan fingerprint density at radius 2 is 1.88 bits per heavy atom. The topological polar surface area (TPSA) is 79.7 Å². The van der Waals surface area contributed by atoms with Crippen LogP contribution in [0.1, 0.15) is 36.1 Å². The minimum atomic E-state index is -0.749. The minimum absolute atomic E-state index is 0.0673. The Labute approximate surface area is 186 Å². The van der Waals surface area contributed by atoms with Crippen LogP contribution < -0.4 is 4.74 Å². The average molecular weight is 428 g/mol. The van der Waals surface area contributed by atoms with Crippen LogP contribution in [0.2, 0.25) is 0 Å². The van der Waals surface area contributed by atoms with E-state index in [1.165, 1.54) is 4.90 Å². The number of Topliss-reactive ketones (excluding diaryl/α,β-unsaturated/α-hetero) is 1. The number of hydrogen-bond acceptors (Lipinski definition) is 5. The van der Waals surface area contributed by atoms with Gasteiger partial charge in [0, 0.05) is 24.5 Å². The molecule has 0 spiro atoms. The van der Waals surface area contributed by atoms with Crippen molar-refractivity contribution in [2.24, 2.45) is 0 Å². The number of rotatable bonds is 7. The average Bonchev–Trinajstić information content (AvgIpc) is 3.08. The number of aromatic nitrogens is 1. The van der Waals surface area contributed by atoms with E-state index in [1.807, 2.05) is 43.3 Å². The van der Waals surface area contributed by atoms with E-state index in [0.717, 1.165) is 12.0 Å². The number of carbonyl (C=O) groups is 2. The van der Waals surface area contributed by atoms with Crippen LogP contribution in [0, 0.1) is 0 Å². The van der Waals surface area contributed by atoms with Gasteiger partial charge < -0.3 is 14.7 Å². The molecule has 162 valence electrons. The van der Waals surface area contributed by atoms with Crippen LogP contribution in [0.15, 0.2) is 84.7 Å². The van der Waals surface area contributed by atoms with Gasteiger partial charge in [-0.25, -0.2) is 0 Å². The number of nitrogens with zero attached hydrogens (tertiary/aromatic N) is 2. The third-order valence-electron chi connectivity index (χ3n) is 5.31. The lowest BCUT2D eigenvalue weighted by Crippen LogP contribution is -2.29. The van der Waals surface area contributed by atoms with Crippen molar-refractivity contribution in [3.05, 3.63) is 101 Å². The van der Waals surface area contributed by atoms with Crippen molar-refractivity contribution in [2.45, 2.75) is 25.9 Å². The summed E-state index contributed by atoms with van der Waals surface area (Å²) in [6.45, 7) is 2.77. The number of likely N-dealkylation sites (tertiary alicyclic amines) is 1. The van der Waals surface area contributed by atoms with Gasteiger partial charge in [0.25, 0.3) is 11.7 Å². The summed E-state index contributed by atoms with van der Waals surface area (Å²) in [4.78, 5) is 31.8. The van der Waals surface area contributed by atoms with E-state index in [-0.39, 0.29) is 17.9 Å². The molecule has 0 saturated carbocycles. The molecule has 0 bridgehead atoms. The van der Waals surface area contributed by atoms with E-state index in [4.69, 9.17) is 4.74 Å². The molecule has 1 fully saturated rings. The molecule has 32 heavy (non-hydrogen) atoms. The first-order chi connectivity index (χ1) is 15.6. The van der Waals surface area contributed by atoms with Crippen molar-refractivity contribution >= 4 is 17.4 Å². The predicted octanol–water partition coefficient (Wildman–Crippen LogP) is 4.49. The Kier molecular flexibility index (Phi) is 6.31. The first-order valence-electron chi connectivity index (χ1n) is 10.6. The highest BCUT2D eigenvalue weighted by Gasteiger charge is 2.46. The van der Waals surface area contributed by atoms with E-state index in [1.54, 1.807) is 42.7 Å². The lowest BCUT2D eigenvalue weighted by molar-refractivity contribution is -0.140. The van der Waals surface area contributed by atoms with E-state index >= 15 is 0 Å². The number of pyridine rings is 1. The first-order valence-corrected chi connectivity index (χ1v) is 10.6. The predicted molar refractivity (Wildman–Crippen MR) is 121 cm³/mol. The summed E-state index contributed by atoms with van der Waals surface area (Å²) >= 11 is 0. The highest BCUT2D eigenvalue weighted by molar-refractivity contribution is 6.46. The fourth-order valence-corrected chi connectivity index (χ4v) is 3.82. The molecule has 3 aromatic rings. The molecule has 1 aliphatic heterocycles. The zero-order chi connectivity index (χ0) is 22.5. The van der Waals surface area contributed by atoms with Crippen molar-refractivity contribution < 1.29 is 19.4 Å². The maximum Gasteiger partial charge on any atom is 0.295 e. The van der Waals surface area contributed by atoms with Gasteiger partial charge in [0.1, 0.15) is 11.5 Å². The quantitative estimate of drug-likeness (QED) is 0.341. The molecule has 1 N–H and O–H groups in total. The normalized spacial score (nSPS) is 17.5. The number of hydrogen-bond donors (Lipinski definition) is 1. The summed E-state index contributed by atoms with van der Waals surface area (Å²) in [5, 5.41) is 11.1. The van der Waals surface area contributed by atoms with Gasteiger partial charge in [-0.05, 0) is 35.7 Å². The number of carbonyl (C=O) groups excluding carboxylic acids is 2. The number of benzene rings is 2. The number of aliphatic hydroxyl groups is 1. The van der Waals surface area contributed by atoms with E-state index < -0.39 is 17.7 Å². The Balaban J connectivity index is 1.83. The van der Waals surface area contributed by atoms with Crippen molar-refractivity contribution in [1.29, 1.82) is 0 Å². The minimum Gasteiger partial charge on any atom is -0.507 e.